The summed E-state index contributed by atoms with van der Waals surface area (Å²) in [4.78, 5) is 13.5. The van der Waals surface area contributed by atoms with Gasteiger partial charge in [0, 0.05) is 17.6 Å². The molecule has 0 bridgehead atoms. The highest BCUT2D eigenvalue weighted by Crippen LogP contribution is 2.29. The van der Waals surface area contributed by atoms with Crippen molar-refractivity contribution in [3.8, 4) is 0 Å². The van der Waals surface area contributed by atoms with Crippen molar-refractivity contribution < 1.29 is 4.79 Å². The van der Waals surface area contributed by atoms with Gasteiger partial charge in [-0.3, -0.25) is 4.79 Å². The van der Waals surface area contributed by atoms with Crippen LogP contribution in [0.4, 0.5) is 5.69 Å². The Morgan fingerprint density at radius 2 is 2.24 bits per heavy atom. The van der Waals surface area contributed by atoms with Gasteiger partial charge < -0.3 is 10.2 Å². The van der Waals surface area contributed by atoms with Crippen LogP contribution in [0.15, 0.2) is 18.2 Å². The van der Waals surface area contributed by atoms with Gasteiger partial charge in [-0.1, -0.05) is 12.1 Å². The smallest absolute Gasteiger partial charge is 0.228 e. The fraction of sp³-hybridized carbons (Fsp3) is 0.462. The van der Waals surface area contributed by atoms with Gasteiger partial charge in [0.2, 0.25) is 5.91 Å². The summed E-state index contributed by atoms with van der Waals surface area (Å²) in [5.74, 6) is 0.716. The quantitative estimate of drug-likeness (QED) is 0.835. The van der Waals surface area contributed by atoms with E-state index in [-0.39, 0.29) is 5.91 Å². The van der Waals surface area contributed by atoms with E-state index < -0.39 is 0 Å². The van der Waals surface area contributed by atoms with E-state index in [2.05, 4.69) is 22.3 Å². The molecule has 1 aromatic carbocycles. The molecule has 0 saturated heterocycles. The van der Waals surface area contributed by atoms with E-state index in [1.807, 2.05) is 20.2 Å². The van der Waals surface area contributed by atoms with E-state index >= 15 is 0 Å². The van der Waals surface area contributed by atoms with Gasteiger partial charge in [0.25, 0.3) is 0 Å². The number of fused-ring (bicyclic) bond motifs is 1. The lowest BCUT2D eigenvalue weighted by molar-refractivity contribution is -0.115. The summed E-state index contributed by atoms with van der Waals surface area (Å²) in [6, 6.07) is 6.49. The van der Waals surface area contributed by atoms with Gasteiger partial charge in [0.1, 0.15) is 0 Å². The molecule has 2 rings (SSSR count). The Labute approximate surface area is 107 Å². The molecule has 1 heterocycles. The number of hydrogen-bond donors (Lipinski definition) is 1. The number of amides is 1. The molecule has 0 spiro atoms. The predicted molar refractivity (Wildman–Crippen MR) is 70.5 cm³/mol. The fourth-order valence-electron chi connectivity index (χ4n) is 2.28. The van der Waals surface area contributed by atoms with Crippen LogP contribution in [-0.4, -0.2) is 30.8 Å². The third-order valence-electron chi connectivity index (χ3n) is 3.15. The molecule has 1 aromatic rings. The summed E-state index contributed by atoms with van der Waals surface area (Å²) < 4.78 is 0. The Bertz CT molecular complexity index is 431. The van der Waals surface area contributed by atoms with Crippen molar-refractivity contribution in [2.75, 3.05) is 25.3 Å². The van der Waals surface area contributed by atoms with Gasteiger partial charge >= 0.3 is 0 Å². The lowest BCUT2D eigenvalue weighted by atomic mass is 10.00. The van der Waals surface area contributed by atoms with Gasteiger partial charge in [0.05, 0.1) is 6.42 Å². The zero-order chi connectivity index (χ0) is 12.4. The number of anilines is 1. The minimum absolute atomic E-state index is 0.0795. The lowest BCUT2D eigenvalue weighted by Crippen LogP contribution is -2.20. The third kappa shape index (κ3) is 2.61. The number of alkyl halides is 1. The Morgan fingerprint density at radius 1 is 1.47 bits per heavy atom. The lowest BCUT2D eigenvalue weighted by Gasteiger charge is -2.24. The molecule has 1 aliphatic heterocycles. The highest BCUT2D eigenvalue weighted by atomic mass is 35.5. The Morgan fingerprint density at radius 3 is 2.88 bits per heavy atom. The molecular weight excluding hydrogens is 236 g/mol. The first kappa shape index (κ1) is 12.4. The number of nitrogens with zero attached hydrogens (tertiary/aromatic N) is 1. The summed E-state index contributed by atoms with van der Waals surface area (Å²) in [7, 11) is 4.10. The molecule has 17 heavy (non-hydrogen) atoms. The third-order valence-corrected chi connectivity index (χ3v) is 3.36. The van der Waals surface area contributed by atoms with Gasteiger partial charge in [-0.25, -0.2) is 0 Å². The maximum atomic E-state index is 11.3. The first-order valence-electron chi connectivity index (χ1n) is 5.77. The van der Waals surface area contributed by atoms with E-state index in [0.717, 1.165) is 17.7 Å². The second-order valence-electron chi connectivity index (χ2n) is 4.60. The van der Waals surface area contributed by atoms with Crippen molar-refractivity contribution in [2.24, 2.45) is 0 Å². The molecule has 1 N–H and O–H groups in total. The minimum Gasteiger partial charge on any atom is -0.326 e. The average molecular weight is 253 g/mol. The Kier molecular flexibility index (Phi) is 3.69. The van der Waals surface area contributed by atoms with Crippen molar-refractivity contribution in [1.82, 2.24) is 4.90 Å². The molecule has 3 nitrogen and oxygen atoms in total. The summed E-state index contributed by atoms with van der Waals surface area (Å²) in [6.45, 7) is 0. The monoisotopic (exact) mass is 252 g/mol. The number of rotatable bonds is 4. The van der Waals surface area contributed by atoms with E-state index in [4.69, 9.17) is 11.6 Å². The van der Waals surface area contributed by atoms with Crippen LogP contribution in [0.5, 0.6) is 0 Å². The largest absolute Gasteiger partial charge is 0.326 e. The number of benzene rings is 1. The van der Waals surface area contributed by atoms with Crippen molar-refractivity contribution in [3.63, 3.8) is 0 Å². The first-order chi connectivity index (χ1) is 8.11. The summed E-state index contributed by atoms with van der Waals surface area (Å²) in [5.41, 5.74) is 3.27. The molecule has 92 valence electrons. The van der Waals surface area contributed by atoms with Crippen LogP contribution < -0.4 is 5.32 Å². The zero-order valence-corrected chi connectivity index (χ0v) is 10.9. The topological polar surface area (TPSA) is 32.3 Å². The summed E-state index contributed by atoms with van der Waals surface area (Å²) in [6.07, 6.45) is 1.40. The van der Waals surface area contributed by atoms with Crippen LogP contribution >= 0.6 is 11.6 Å². The summed E-state index contributed by atoms with van der Waals surface area (Å²) >= 11 is 5.84. The first-order valence-corrected chi connectivity index (χ1v) is 6.30. The van der Waals surface area contributed by atoms with Gasteiger partial charge in [0.15, 0.2) is 0 Å². The Balaban J connectivity index is 2.27. The van der Waals surface area contributed by atoms with E-state index in [9.17, 15) is 4.79 Å². The van der Waals surface area contributed by atoms with E-state index in [1.54, 1.807) is 0 Å². The van der Waals surface area contributed by atoms with Gasteiger partial charge in [-0.2, -0.15) is 0 Å². The SMILES string of the molecule is CN(C)C(CCCl)c1ccc2c(c1)CC(=O)N2. The highest BCUT2D eigenvalue weighted by Gasteiger charge is 2.20. The maximum absolute atomic E-state index is 11.3. The molecule has 1 amide bonds. The second kappa shape index (κ2) is 5.07. The van der Waals surface area contributed by atoms with Crippen LogP contribution in [0.25, 0.3) is 0 Å². The summed E-state index contributed by atoms with van der Waals surface area (Å²) in [5, 5.41) is 2.85. The van der Waals surface area contributed by atoms with Crippen LogP contribution in [0.3, 0.4) is 0 Å². The number of carbonyl (C=O) groups is 1. The molecule has 1 atom stereocenters. The number of nitrogens with one attached hydrogen (secondary N) is 1. The van der Waals surface area contributed by atoms with Crippen molar-refractivity contribution >= 4 is 23.2 Å². The van der Waals surface area contributed by atoms with Crippen LogP contribution in [-0.2, 0) is 11.2 Å². The van der Waals surface area contributed by atoms with Crippen molar-refractivity contribution in [3.05, 3.63) is 29.3 Å². The normalized spacial score (nSPS) is 15.9. The molecule has 0 fully saturated rings. The molecule has 1 unspecified atom stereocenters. The van der Waals surface area contributed by atoms with Crippen LogP contribution in [0, 0.1) is 0 Å². The molecule has 0 aromatic heterocycles. The maximum Gasteiger partial charge on any atom is 0.228 e. The van der Waals surface area contributed by atoms with Crippen LogP contribution in [0.2, 0.25) is 0 Å². The molecule has 1 aliphatic rings. The molecule has 4 heteroatoms. The van der Waals surface area contributed by atoms with E-state index in [1.165, 1.54) is 5.56 Å². The molecular formula is C13H17ClN2O. The molecule has 0 aliphatic carbocycles. The minimum atomic E-state index is 0.0795. The van der Waals surface area contributed by atoms with Gasteiger partial charge in [-0.15, -0.1) is 11.6 Å². The average Bonchev–Trinajstić information content (AvgIpc) is 2.64. The van der Waals surface area contributed by atoms with Gasteiger partial charge in [-0.05, 0) is 37.7 Å². The Hall–Kier alpha value is -1.06. The standard InChI is InChI=1S/C13H17ClN2O/c1-16(2)12(5-6-14)9-3-4-11-10(7-9)8-13(17)15-11/h3-4,7,12H,5-6,8H2,1-2H3,(H,15,17). The van der Waals surface area contributed by atoms with E-state index in [0.29, 0.717) is 18.3 Å². The van der Waals surface area contributed by atoms with Crippen molar-refractivity contribution in [2.45, 2.75) is 18.9 Å². The van der Waals surface area contributed by atoms with Crippen molar-refractivity contribution in [1.29, 1.82) is 0 Å². The predicted octanol–water partition coefficient (Wildman–Crippen LogP) is 2.41. The highest BCUT2D eigenvalue weighted by molar-refractivity contribution is 6.17. The number of hydrogen-bond acceptors (Lipinski definition) is 2. The fourth-order valence-corrected chi connectivity index (χ4v) is 2.49. The molecule has 0 saturated carbocycles. The molecule has 0 radical (unpaired) electrons. The van der Waals surface area contributed by atoms with Crippen LogP contribution in [0.1, 0.15) is 23.6 Å². The number of halogens is 1. The second-order valence-corrected chi connectivity index (χ2v) is 4.98. The zero-order valence-electron chi connectivity index (χ0n) is 10.2. The number of carbonyl (C=O) groups excluding carboxylic acids is 1.